The summed E-state index contributed by atoms with van der Waals surface area (Å²) in [6.45, 7) is 3.19. The number of nitrogens with one attached hydrogen (secondary N) is 1. The molecule has 5 rings (SSSR count). The largest absolute Gasteiger partial charge is 0.486 e. The number of benzene rings is 4. The number of fused-ring (bicyclic) bond motifs is 2. The van der Waals surface area contributed by atoms with Gasteiger partial charge in [0.05, 0.1) is 17.8 Å². The number of hydrogen-bond donors (Lipinski definition) is 1. The fourth-order valence-electron chi connectivity index (χ4n) is 4.79. The molecule has 186 valence electrons. The van der Waals surface area contributed by atoms with Crippen LogP contribution in [0.15, 0.2) is 84.9 Å². The van der Waals surface area contributed by atoms with Crippen LogP contribution in [0.2, 0.25) is 0 Å². The molecule has 2 atom stereocenters. The molecule has 1 aliphatic rings. The maximum Gasteiger partial charge on any atom is 0.419 e. The van der Waals surface area contributed by atoms with Gasteiger partial charge in [-0.25, -0.2) is 4.39 Å². The number of alkyl halides is 3. The molecule has 0 spiro atoms. The summed E-state index contributed by atoms with van der Waals surface area (Å²) in [6, 6.07) is 25.0. The molecular formula is C29H26F4N2O. The molecular weight excluding hydrogens is 468 g/mol. The molecule has 36 heavy (non-hydrogen) atoms. The normalized spacial score (nSPS) is 16.5. The molecule has 4 aromatic rings. The van der Waals surface area contributed by atoms with Crippen LogP contribution in [-0.2, 0) is 6.18 Å². The first-order chi connectivity index (χ1) is 17.3. The van der Waals surface area contributed by atoms with Crippen LogP contribution < -0.4 is 15.0 Å². The second-order valence-corrected chi connectivity index (χ2v) is 9.01. The molecule has 4 aromatic carbocycles. The number of nitrogens with zero attached hydrogens (tertiary/aromatic N) is 1. The zero-order chi connectivity index (χ0) is 25.3. The Morgan fingerprint density at radius 1 is 0.972 bits per heavy atom. The van der Waals surface area contributed by atoms with E-state index in [2.05, 4.69) is 42.6 Å². The molecule has 0 aromatic heterocycles. The standard InChI is InChI=1S/C29H26F4N2O/c1-19(23-10-6-8-20-7-2-3-9-24(20)23)34-16-15-22-18-35(27-11-4-5-12-28(27)36-22)21-13-14-25(26(30)17-21)29(31,32)33/h2-14,17,19,22,34H,15-16,18H2,1H3/t19-,22?/m1/s1. The molecule has 1 unspecified atom stereocenters. The van der Waals surface area contributed by atoms with E-state index in [0.29, 0.717) is 36.6 Å². The van der Waals surface area contributed by atoms with Gasteiger partial charge >= 0.3 is 6.18 Å². The summed E-state index contributed by atoms with van der Waals surface area (Å²) in [5.41, 5.74) is 1.00. The Morgan fingerprint density at radius 2 is 1.72 bits per heavy atom. The van der Waals surface area contributed by atoms with Crippen molar-refractivity contribution in [1.82, 2.24) is 5.32 Å². The van der Waals surface area contributed by atoms with Crippen LogP contribution in [0.25, 0.3) is 10.8 Å². The highest BCUT2D eigenvalue weighted by atomic mass is 19.4. The number of halogens is 4. The van der Waals surface area contributed by atoms with E-state index in [9.17, 15) is 17.6 Å². The molecule has 0 radical (unpaired) electrons. The number of para-hydroxylation sites is 2. The molecule has 1 N–H and O–H groups in total. The fraction of sp³-hybridized carbons (Fsp3) is 0.241. The summed E-state index contributed by atoms with van der Waals surface area (Å²) >= 11 is 0. The van der Waals surface area contributed by atoms with Crippen molar-refractivity contribution in [2.75, 3.05) is 18.0 Å². The van der Waals surface area contributed by atoms with Crippen LogP contribution in [0.1, 0.15) is 30.5 Å². The van der Waals surface area contributed by atoms with Crippen LogP contribution >= 0.6 is 0 Å². The van der Waals surface area contributed by atoms with Gasteiger partial charge in [-0.1, -0.05) is 54.6 Å². The molecule has 3 nitrogen and oxygen atoms in total. The van der Waals surface area contributed by atoms with Crippen LogP contribution in [-0.4, -0.2) is 19.2 Å². The van der Waals surface area contributed by atoms with Gasteiger partial charge in [-0.05, 0) is 66.6 Å². The van der Waals surface area contributed by atoms with Gasteiger partial charge in [-0.3, -0.25) is 0 Å². The molecule has 0 aliphatic carbocycles. The van der Waals surface area contributed by atoms with E-state index in [1.54, 1.807) is 0 Å². The van der Waals surface area contributed by atoms with Gasteiger partial charge in [0.25, 0.3) is 0 Å². The number of anilines is 2. The average molecular weight is 495 g/mol. The Bertz CT molecular complexity index is 1370. The highest BCUT2D eigenvalue weighted by molar-refractivity contribution is 5.86. The third kappa shape index (κ3) is 4.88. The molecule has 0 bridgehead atoms. The minimum atomic E-state index is -4.74. The van der Waals surface area contributed by atoms with Gasteiger partial charge in [-0.15, -0.1) is 0 Å². The Morgan fingerprint density at radius 3 is 2.53 bits per heavy atom. The van der Waals surface area contributed by atoms with E-state index in [1.165, 1.54) is 22.4 Å². The molecule has 0 saturated heterocycles. The van der Waals surface area contributed by atoms with Crippen LogP contribution in [0.4, 0.5) is 28.9 Å². The Kier molecular flexibility index (Phi) is 6.58. The summed E-state index contributed by atoms with van der Waals surface area (Å²) in [5, 5.41) is 5.96. The van der Waals surface area contributed by atoms with Crippen molar-refractivity contribution in [2.45, 2.75) is 31.7 Å². The number of ether oxygens (including phenoxy) is 1. The Hall–Kier alpha value is -3.58. The van der Waals surface area contributed by atoms with E-state index in [-0.39, 0.29) is 12.1 Å². The van der Waals surface area contributed by atoms with Gasteiger partial charge in [0.15, 0.2) is 0 Å². The van der Waals surface area contributed by atoms with Gasteiger partial charge in [0.1, 0.15) is 17.7 Å². The predicted molar refractivity (Wildman–Crippen MR) is 134 cm³/mol. The molecule has 0 saturated carbocycles. The third-order valence-electron chi connectivity index (χ3n) is 6.61. The Labute approximate surface area is 207 Å². The predicted octanol–water partition coefficient (Wildman–Crippen LogP) is 7.64. The van der Waals surface area contributed by atoms with Crippen molar-refractivity contribution in [1.29, 1.82) is 0 Å². The number of hydrogen-bond acceptors (Lipinski definition) is 3. The van der Waals surface area contributed by atoms with E-state index >= 15 is 0 Å². The second kappa shape index (κ2) is 9.82. The summed E-state index contributed by atoms with van der Waals surface area (Å²) in [7, 11) is 0. The van der Waals surface area contributed by atoms with Crippen molar-refractivity contribution < 1.29 is 22.3 Å². The van der Waals surface area contributed by atoms with E-state index in [1.807, 2.05) is 41.3 Å². The monoisotopic (exact) mass is 494 g/mol. The first kappa shape index (κ1) is 24.1. The van der Waals surface area contributed by atoms with Crippen LogP contribution in [0.3, 0.4) is 0 Å². The topological polar surface area (TPSA) is 24.5 Å². The molecule has 7 heteroatoms. The Balaban J connectivity index is 1.31. The summed E-state index contributed by atoms with van der Waals surface area (Å²) in [4.78, 5) is 1.82. The van der Waals surface area contributed by atoms with E-state index in [0.717, 1.165) is 12.1 Å². The molecule has 1 heterocycles. The highest BCUT2D eigenvalue weighted by Gasteiger charge is 2.35. The van der Waals surface area contributed by atoms with Crippen molar-refractivity contribution in [2.24, 2.45) is 0 Å². The average Bonchev–Trinajstić information content (AvgIpc) is 2.87. The van der Waals surface area contributed by atoms with Crippen LogP contribution in [0, 0.1) is 5.82 Å². The minimum absolute atomic E-state index is 0.118. The smallest absolute Gasteiger partial charge is 0.419 e. The molecule has 1 aliphatic heterocycles. The first-order valence-electron chi connectivity index (χ1n) is 11.9. The van der Waals surface area contributed by atoms with Gasteiger partial charge < -0.3 is 15.0 Å². The summed E-state index contributed by atoms with van der Waals surface area (Å²) < 4.78 is 59.7. The lowest BCUT2D eigenvalue weighted by Crippen LogP contribution is -2.39. The fourth-order valence-corrected chi connectivity index (χ4v) is 4.79. The number of rotatable bonds is 6. The lowest BCUT2D eigenvalue weighted by molar-refractivity contribution is -0.139. The van der Waals surface area contributed by atoms with Crippen LogP contribution in [0.5, 0.6) is 5.75 Å². The maximum atomic E-state index is 14.4. The maximum absolute atomic E-state index is 14.4. The zero-order valence-electron chi connectivity index (χ0n) is 19.7. The lowest BCUT2D eigenvalue weighted by Gasteiger charge is -2.36. The van der Waals surface area contributed by atoms with Gasteiger partial charge in [0, 0.05) is 11.7 Å². The SMILES string of the molecule is C[C@@H](NCCC1CN(c2ccc(C(F)(F)F)c(F)c2)c2ccccc2O1)c1cccc2ccccc12. The summed E-state index contributed by atoms with van der Waals surface area (Å²) in [5.74, 6) is -0.665. The van der Waals surface area contributed by atoms with Crippen molar-refractivity contribution in [3.8, 4) is 5.75 Å². The third-order valence-corrected chi connectivity index (χ3v) is 6.61. The lowest BCUT2D eigenvalue weighted by atomic mass is 9.99. The molecule has 0 fully saturated rings. The second-order valence-electron chi connectivity index (χ2n) is 9.01. The van der Waals surface area contributed by atoms with E-state index < -0.39 is 17.6 Å². The van der Waals surface area contributed by atoms with Crippen molar-refractivity contribution >= 4 is 22.1 Å². The van der Waals surface area contributed by atoms with Gasteiger partial charge in [0.2, 0.25) is 0 Å². The van der Waals surface area contributed by atoms with Crippen molar-refractivity contribution in [3.63, 3.8) is 0 Å². The first-order valence-corrected chi connectivity index (χ1v) is 11.9. The van der Waals surface area contributed by atoms with Gasteiger partial charge in [-0.2, -0.15) is 13.2 Å². The van der Waals surface area contributed by atoms with Crippen molar-refractivity contribution in [3.05, 3.63) is 102 Å². The van der Waals surface area contributed by atoms with E-state index in [4.69, 9.17) is 4.74 Å². The zero-order valence-corrected chi connectivity index (χ0v) is 19.7. The summed E-state index contributed by atoms with van der Waals surface area (Å²) in [6.07, 6.45) is -4.29. The quantitative estimate of drug-likeness (QED) is 0.279. The minimum Gasteiger partial charge on any atom is -0.486 e. The molecule has 0 amide bonds. The highest BCUT2D eigenvalue weighted by Crippen LogP contribution is 2.40.